The fourth-order valence-corrected chi connectivity index (χ4v) is 4.40. The Labute approximate surface area is 169 Å². The van der Waals surface area contributed by atoms with Crippen molar-refractivity contribution in [3.8, 4) is 11.5 Å². The zero-order chi connectivity index (χ0) is 21.0. The maximum atomic E-state index is 13.0. The topological polar surface area (TPSA) is 67.9 Å². The van der Waals surface area contributed by atoms with Crippen molar-refractivity contribution in [3.63, 3.8) is 0 Å². The van der Waals surface area contributed by atoms with Crippen molar-refractivity contribution in [1.82, 2.24) is 0 Å². The van der Waals surface area contributed by atoms with Crippen LogP contribution in [0.15, 0.2) is 47.4 Å². The molecule has 1 aliphatic heterocycles. The molecule has 2 aromatic rings. The van der Waals surface area contributed by atoms with Gasteiger partial charge in [-0.2, -0.15) is 8.78 Å². The Kier molecular flexibility index (Phi) is 6.46. The minimum absolute atomic E-state index is 0.155. The number of sulfone groups is 1. The monoisotopic (exact) mass is 426 g/mol. The number of benzene rings is 2. The van der Waals surface area contributed by atoms with E-state index in [0.717, 1.165) is 18.5 Å². The SMILES string of the molecule is COc1cc(NC2CCN(c3ccccc3S(=O)(=O)C(F)F)CC2)cc(OC)c1. The lowest BCUT2D eigenvalue weighted by Crippen LogP contribution is -2.39. The van der Waals surface area contributed by atoms with Crippen molar-refractivity contribution in [2.75, 3.05) is 37.5 Å². The van der Waals surface area contributed by atoms with Crippen LogP contribution < -0.4 is 19.7 Å². The summed E-state index contributed by atoms with van der Waals surface area (Å²) in [5.41, 5.74) is 1.19. The van der Waals surface area contributed by atoms with E-state index in [-0.39, 0.29) is 10.9 Å². The first kappa shape index (κ1) is 21.2. The third kappa shape index (κ3) is 4.72. The van der Waals surface area contributed by atoms with Crippen LogP contribution in [0.1, 0.15) is 12.8 Å². The minimum Gasteiger partial charge on any atom is -0.497 e. The Hall–Kier alpha value is -2.55. The number of rotatable bonds is 7. The van der Waals surface area contributed by atoms with Crippen LogP contribution in [0.4, 0.5) is 20.2 Å². The van der Waals surface area contributed by atoms with E-state index < -0.39 is 15.6 Å². The summed E-state index contributed by atoms with van der Waals surface area (Å²) in [6.07, 6.45) is 1.45. The lowest BCUT2D eigenvalue weighted by atomic mass is 10.0. The van der Waals surface area contributed by atoms with Gasteiger partial charge in [-0.15, -0.1) is 0 Å². The molecule has 0 aromatic heterocycles. The molecule has 0 saturated carbocycles. The van der Waals surface area contributed by atoms with Gasteiger partial charge in [0.25, 0.3) is 0 Å². The molecule has 29 heavy (non-hydrogen) atoms. The number of para-hydroxylation sites is 1. The highest BCUT2D eigenvalue weighted by Gasteiger charge is 2.31. The lowest BCUT2D eigenvalue weighted by Gasteiger charge is -2.35. The van der Waals surface area contributed by atoms with Crippen molar-refractivity contribution < 1.29 is 26.7 Å². The maximum Gasteiger partial charge on any atom is 0.341 e. The maximum absolute atomic E-state index is 13.0. The Morgan fingerprint density at radius 3 is 2.17 bits per heavy atom. The number of methoxy groups -OCH3 is 2. The van der Waals surface area contributed by atoms with Crippen molar-refractivity contribution in [1.29, 1.82) is 0 Å². The molecule has 0 unspecified atom stereocenters. The molecular formula is C20H24F2N2O4S. The number of hydrogen-bond acceptors (Lipinski definition) is 6. The summed E-state index contributed by atoms with van der Waals surface area (Å²) in [5, 5.41) is 3.44. The van der Waals surface area contributed by atoms with E-state index in [4.69, 9.17) is 9.47 Å². The van der Waals surface area contributed by atoms with E-state index in [1.807, 2.05) is 17.0 Å². The molecular weight excluding hydrogens is 402 g/mol. The van der Waals surface area contributed by atoms with Crippen LogP contribution in [0.2, 0.25) is 0 Å². The molecule has 6 nitrogen and oxygen atoms in total. The van der Waals surface area contributed by atoms with Crippen LogP contribution in [-0.2, 0) is 9.84 Å². The van der Waals surface area contributed by atoms with Gasteiger partial charge in [-0.3, -0.25) is 0 Å². The fourth-order valence-electron chi connectivity index (χ4n) is 3.45. The minimum atomic E-state index is -4.65. The molecule has 1 heterocycles. The van der Waals surface area contributed by atoms with Crippen molar-refractivity contribution >= 4 is 21.2 Å². The van der Waals surface area contributed by atoms with Gasteiger partial charge in [0.15, 0.2) is 0 Å². The molecule has 0 aliphatic carbocycles. The van der Waals surface area contributed by atoms with Gasteiger partial charge in [-0.05, 0) is 25.0 Å². The third-order valence-corrected chi connectivity index (χ3v) is 6.39. The number of alkyl halides is 2. The zero-order valence-electron chi connectivity index (χ0n) is 16.3. The van der Waals surface area contributed by atoms with E-state index in [2.05, 4.69) is 5.32 Å². The number of piperidine rings is 1. The average Bonchev–Trinajstić information content (AvgIpc) is 2.73. The molecule has 3 rings (SSSR count). The van der Waals surface area contributed by atoms with Gasteiger partial charge in [0, 0.05) is 43.0 Å². The lowest BCUT2D eigenvalue weighted by molar-refractivity contribution is 0.234. The second kappa shape index (κ2) is 8.86. The smallest absolute Gasteiger partial charge is 0.341 e. The first-order valence-electron chi connectivity index (χ1n) is 9.20. The molecule has 0 bridgehead atoms. The summed E-state index contributed by atoms with van der Waals surface area (Å²) in [6, 6.07) is 11.6. The Morgan fingerprint density at radius 1 is 1.03 bits per heavy atom. The fraction of sp³-hybridized carbons (Fsp3) is 0.400. The van der Waals surface area contributed by atoms with Gasteiger partial charge in [-0.25, -0.2) is 8.42 Å². The van der Waals surface area contributed by atoms with E-state index >= 15 is 0 Å². The number of anilines is 2. The van der Waals surface area contributed by atoms with Gasteiger partial charge < -0.3 is 19.7 Å². The normalized spacial score (nSPS) is 15.4. The molecule has 9 heteroatoms. The predicted molar refractivity (Wildman–Crippen MR) is 108 cm³/mol. The predicted octanol–water partition coefficient (Wildman–Crippen LogP) is 3.78. The number of ether oxygens (including phenoxy) is 2. The van der Waals surface area contributed by atoms with Gasteiger partial charge >= 0.3 is 5.76 Å². The van der Waals surface area contributed by atoms with Crippen molar-refractivity contribution in [3.05, 3.63) is 42.5 Å². The van der Waals surface area contributed by atoms with Crippen LogP contribution in [0.3, 0.4) is 0 Å². The summed E-state index contributed by atoms with van der Waals surface area (Å²) < 4.78 is 60.6. The summed E-state index contributed by atoms with van der Waals surface area (Å²) in [6.45, 7) is 1.10. The van der Waals surface area contributed by atoms with Crippen LogP contribution in [0.5, 0.6) is 11.5 Å². The molecule has 0 amide bonds. The Bertz CT molecular complexity index is 923. The van der Waals surface area contributed by atoms with Gasteiger partial charge in [0.05, 0.1) is 24.8 Å². The van der Waals surface area contributed by atoms with E-state index in [1.54, 1.807) is 32.4 Å². The van der Waals surface area contributed by atoms with E-state index in [1.165, 1.54) is 12.1 Å². The standard InChI is InChI=1S/C20H24F2N2O4S/c1-27-16-11-15(12-17(13-16)28-2)23-14-7-9-24(10-8-14)18-5-3-4-6-19(18)29(25,26)20(21)22/h3-6,11-14,20,23H,7-10H2,1-2H3. The summed E-state index contributed by atoms with van der Waals surface area (Å²) >= 11 is 0. The molecule has 1 saturated heterocycles. The van der Waals surface area contributed by atoms with Gasteiger partial charge in [-0.1, -0.05) is 12.1 Å². The Morgan fingerprint density at radius 2 is 1.62 bits per heavy atom. The van der Waals surface area contributed by atoms with Crippen LogP contribution >= 0.6 is 0 Å². The van der Waals surface area contributed by atoms with Gasteiger partial charge in [0.1, 0.15) is 11.5 Å². The van der Waals surface area contributed by atoms with Crippen LogP contribution in [0.25, 0.3) is 0 Å². The van der Waals surface area contributed by atoms with Crippen LogP contribution in [0, 0.1) is 0 Å². The second-order valence-electron chi connectivity index (χ2n) is 6.78. The third-order valence-electron chi connectivity index (χ3n) is 4.96. The highest BCUT2D eigenvalue weighted by Crippen LogP contribution is 2.32. The first-order chi connectivity index (χ1) is 13.8. The first-order valence-corrected chi connectivity index (χ1v) is 10.8. The summed E-state index contributed by atoms with van der Waals surface area (Å²) in [7, 11) is -1.48. The quantitative estimate of drug-likeness (QED) is 0.727. The molecule has 158 valence electrons. The number of hydrogen-bond donors (Lipinski definition) is 1. The number of nitrogens with zero attached hydrogens (tertiary/aromatic N) is 1. The number of halogens is 2. The summed E-state index contributed by atoms with van der Waals surface area (Å²) in [5.74, 6) is -2.09. The molecule has 0 spiro atoms. The Balaban J connectivity index is 1.71. The molecule has 0 radical (unpaired) electrons. The van der Waals surface area contributed by atoms with E-state index in [0.29, 0.717) is 30.3 Å². The largest absolute Gasteiger partial charge is 0.497 e. The highest BCUT2D eigenvalue weighted by molar-refractivity contribution is 7.91. The van der Waals surface area contributed by atoms with Gasteiger partial charge in [0.2, 0.25) is 9.84 Å². The molecule has 1 N–H and O–H groups in total. The highest BCUT2D eigenvalue weighted by atomic mass is 32.2. The molecule has 1 aliphatic rings. The molecule has 1 fully saturated rings. The summed E-state index contributed by atoms with van der Waals surface area (Å²) in [4.78, 5) is 1.53. The zero-order valence-corrected chi connectivity index (χ0v) is 17.1. The van der Waals surface area contributed by atoms with Crippen molar-refractivity contribution in [2.24, 2.45) is 0 Å². The molecule has 2 aromatic carbocycles. The van der Waals surface area contributed by atoms with Crippen molar-refractivity contribution in [2.45, 2.75) is 29.5 Å². The number of nitrogens with one attached hydrogen (secondary N) is 1. The second-order valence-corrected chi connectivity index (χ2v) is 8.67. The molecule has 0 atom stereocenters. The van der Waals surface area contributed by atoms with Crippen LogP contribution in [-0.4, -0.2) is 47.5 Å². The average molecular weight is 426 g/mol. The van der Waals surface area contributed by atoms with E-state index in [9.17, 15) is 17.2 Å².